The van der Waals surface area contributed by atoms with Gasteiger partial charge in [-0.3, -0.25) is 9.48 Å². The Balaban J connectivity index is 1.62. The number of rotatable bonds is 4. The number of hydrogen-bond acceptors (Lipinski definition) is 4. The molecule has 4 aromatic rings. The molecular formula is C22H17BrN2O3. The van der Waals surface area contributed by atoms with E-state index in [4.69, 9.17) is 8.83 Å². The molecule has 0 spiro atoms. The highest BCUT2D eigenvalue weighted by atomic mass is 79.9. The first-order valence-electron chi connectivity index (χ1n) is 9.13. The molecule has 1 aliphatic rings. The molecule has 0 bridgehead atoms. The topological polar surface area (TPSA) is 61.2 Å². The van der Waals surface area contributed by atoms with E-state index in [1.54, 1.807) is 12.5 Å². The average molecular weight is 437 g/mol. The summed E-state index contributed by atoms with van der Waals surface area (Å²) in [4.78, 5) is 13.1. The molecule has 0 saturated heterocycles. The van der Waals surface area contributed by atoms with E-state index in [0.29, 0.717) is 24.9 Å². The molecule has 0 aliphatic heterocycles. The van der Waals surface area contributed by atoms with Gasteiger partial charge in [0.25, 0.3) is 0 Å². The SMILES string of the molecule is O=C1CC(c2ccco2)Cc2oc(-c3ccccc3)c(Cn3cc(Br)cn3)c21. The second-order valence-corrected chi connectivity index (χ2v) is 7.89. The van der Waals surface area contributed by atoms with Crippen molar-refractivity contribution in [1.29, 1.82) is 0 Å². The van der Waals surface area contributed by atoms with Gasteiger partial charge < -0.3 is 8.83 Å². The summed E-state index contributed by atoms with van der Waals surface area (Å²) in [5.41, 5.74) is 2.55. The third kappa shape index (κ3) is 3.03. The fraction of sp³-hybridized carbons (Fsp3) is 0.182. The lowest BCUT2D eigenvalue weighted by Gasteiger charge is -2.18. The number of halogens is 1. The second kappa shape index (κ2) is 6.95. The number of Topliss-reactive ketones (excluding diaryl/α,β-unsaturated/α-hetero) is 1. The van der Waals surface area contributed by atoms with Gasteiger partial charge in [0.1, 0.15) is 17.3 Å². The number of carbonyl (C=O) groups excluding carboxylic acids is 1. The molecule has 1 atom stereocenters. The van der Waals surface area contributed by atoms with Crippen LogP contribution in [-0.2, 0) is 13.0 Å². The normalized spacial score (nSPS) is 16.3. The number of fused-ring (bicyclic) bond motifs is 1. The summed E-state index contributed by atoms with van der Waals surface area (Å²) in [7, 11) is 0. The molecule has 1 aromatic carbocycles. The van der Waals surface area contributed by atoms with Crippen LogP contribution in [-0.4, -0.2) is 15.6 Å². The molecule has 0 N–H and O–H groups in total. The Morgan fingerprint density at radius 3 is 2.71 bits per heavy atom. The molecule has 5 rings (SSSR count). The predicted molar refractivity (Wildman–Crippen MR) is 107 cm³/mol. The van der Waals surface area contributed by atoms with E-state index in [2.05, 4.69) is 21.0 Å². The molecule has 3 aromatic heterocycles. The highest BCUT2D eigenvalue weighted by molar-refractivity contribution is 9.10. The van der Waals surface area contributed by atoms with Crippen molar-refractivity contribution in [2.45, 2.75) is 25.3 Å². The van der Waals surface area contributed by atoms with E-state index in [0.717, 1.165) is 32.9 Å². The maximum atomic E-state index is 13.1. The largest absolute Gasteiger partial charge is 0.469 e. The van der Waals surface area contributed by atoms with Crippen LogP contribution in [0.1, 0.15) is 39.8 Å². The minimum atomic E-state index is 0.0106. The van der Waals surface area contributed by atoms with Gasteiger partial charge in [-0.15, -0.1) is 0 Å². The standard InChI is InChI=1S/C22H17BrN2O3/c23-16-11-24-25(12-16)13-17-21-18(26)9-15(19-7-4-8-27-19)10-20(21)28-22(17)14-5-2-1-3-6-14/h1-8,11-12,15H,9-10,13H2. The molecule has 0 radical (unpaired) electrons. The van der Waals surface area contributed by atoms with Crippen LogP contribution in [0.4, 0.5) is 0 Å². The number of nitrogens with zero attached hydrogens (tertiary/aromatic N) is 2. The highest BCUT2D eigenvalue weighted by Crippen LogP contribution is 2.40. The first kappa shape index (κ1) is 17.3. The van der Waals surface area contributed by atoms with Gasteiger partial charge >= 0.3 is 0 Å². The molecule has 140 valence electrons. The monoisotopic (exact) mass is 436 g/mol. The smallest absolute Gasteiger partial charge is 0.167 e. The Morgan fingerprint density at radius 2 is 2.00 bits per heavy atom. The van der Waals surface area contributed by atoms with E-state index in [1.807, 2.05) is 53.3 Å². The molecule has 0 amide bonds. The molecule has 0 fully saturated rings. The summed E-state index contributed by atoms with van der Waals surface area (Å²) in [5, 5.41) is 4.36. The van der Waals surface area contributed by atoms with Gasteiger partial charge in [0, 0.05) is 36.1 Å². The summed E-state index contributed by atoms with van der Waals surface area (Å²) in [6.45, 7) is 0.478. The van der Waals surface area contributed by atoms with Crippen molar-refractivity contribution in [1.82, 2.24) is 9.78 Å². The summed E-state index contributed by atoms with van der Waals surface area (Å²) >= 11 is 3.43. The van der Waals surface area contributed by atoms with Crippen LogP contribution >= 0.6 is 15.9 Å². The van der Waals surface area contributed by atoms with Gasteiger partial charge in [0.15, 0.2) is 5.78 Å². The maximum Gasteiger partial charge on any atom is 0.167 e. The molecule has 3 heterocycles. The van der Waals surface area contributed by atoms with Crippen molar-refractivity contribution in [2.75, 3.05) is 0 Å². The van der Waals surface area contributed by atoms with Gasteiger partial charge in [-0.1, -0.05) is 30.3 Å². The summed E-state index contributed by atoms with van der Waals surface area (Å²) < 4.78 is 14.5. The highest BCUT2D eigenvalue weighted by Gasteiger charge is 2.35. The van der Waals surface area contributed by atoms with Crippen molar-refractivity contribution in [3.8, 4) is 11.3 Å². The number of ketones is 1. The number of benzene rings is 1. The molecule has 0 saturated carbocycles. The van der Waals surface area contributed by atoms with E-state index in [-0.39, 0.29) is 11.7 Å². The minimum Gasteiger partial charge on any atom is -0.469 e. The van der Waals surface area contributed by atoms with Crippen LogP contribution in [0.25, 0.3) is 11.3 Å². The number of furan rings is 2. The average Bonchev–Trinajstić information content (AvgIpc) is 3.43. The van der Waals surface area contributed by atoms with Gasteiger partial charge in [-0.25, -0.2) is 0 Å². The van der Waals surface area contributed by atoms with Crippen LogP contribution in [0.5, 0.6) is 0 Å². The first-order chi connectivity index (χ1) is 13.7. The van der Waals surface area contributed by atoms with Gasteiger partial charge in [0.05, 0.1) is 29.0 Å². The van der Waals surface area contributed by atoms with Crippen molar-refractivity contribution in [3.63, 3.8) is 0 Å². The zero-order chi connectivity index (χ0) is 19.1. The lowest BCUT2D eigenvalue weighted by atomic mass is 9.84. The third-order valence-electron chi connectivity index (χ3n) is 5.13. The zero-order valence-electron chi connectivity index (χ0n) is 15.0. The summed E-state index contributed by atoms with van der Waals surface area (Å²) in [5.74, 6) is 2.41. The lowest BCUT2D eigenvalue weighted by Crippen LogP contribution is -2.19. The minimum absolute atomic E-state index is 0.0106. The second-order valence-electron chi connectivity index (χ2n) is 6.97. The number of carbonyl (C=O) groups is 1. The number of hydrogen-bond donors (Lipinski definition) is 0. The molecule has 1 unspecified atom stereocenters. The van der Waals surface area contributed by atoms with Crippen LogP contribution in [0, 0.1) is 0 Å². The van der Waals surface area contributed by atoms with Crippen molar-refractivity contribution in [3.05, 3.63) is 88.2 Å². The van der Waals surface area contributed by atoms with Crippen LogP contribution < -0.4 is 0 Å². The molecule has 28 heavy (non-hydrogen) atoms. The van der Waals surface area contributed by atoms with Crippen molar-refractivity contribution in [2.24, 2.45) is 0 Å². The molecular weight excluding hydrogens is 420 g/mol. The number of aromatic nitrogens is 2. The Bertz CT molecular complexity index is 1130. The zero-order valence-corrected chi connectivity index (χ0v) is 16.6. The van der Waals surface area contributed by atoms with Crippen LogP contribution in [0.15, 0.2) is 74.4 Å². The molecule has 1 aliphatic carbocycles. The molecule has 6 heteroatoms. The van der Waals surface area contributed by atoms with E-state index < -0.39 is 0 Å². The first-order valence-corrected chi connectivity index (χ1v) is 9.93. The van der Waals surface area contributed by atoms with E-state index in [9.17, 15) is 4.79 Å². The van der Waals surface area contributed by atoms with Crippen molar-refractivity contribution >= 4 is 21.7 Å². The van der Waals surface area contributed by atoms with Gasteiger partial charge in [-0.05, 0) is 28.1 Å². The fourth-order valence-electron chi connectivity index (χ4n) is 3.89. The van der Waals surface area contributed by atoms with Gasteiger partial charge in [-0.2, -0.15) is 5.10 Å². The fourth-order valence-corrected chi connectivity index (χ4v) is 4.22. The third-order valence-corrected chi connectivity index (χ3v) is 5.54. The maximum absolute atomic E-state index is 13.1. The summed E-state index contributed by atoms with van der Waals surface area (Å²) in [6.07, 6.45) is 6.35. The van der Waals surface area contributed by atoms with E-state index in [1.165, 1.54) is 0 Å². The Labute approximate surface area is 170 Å². The predicted octanol–water partition coefficient (Wildman–Crippen LogP) is 5.46. The van der Waals surface area contributed by atoms with Gasteiger partial charge in [0.2, 0.25) is 0 Å². The quantitative estimate of drug-likeness (QED) is 0.426. The lowest BCUT2D eigenvalue weighted by molar-refractivity contribution is 0.0955. The Kier molecular flexibility index (Phi) is 4.28. The van der Waals surface area contributed by atoms with Crippen LogP contribution in [0.3, 0.4) is 0 Å². The van der Waals surface area contributed by atoms with Crippen molar-refractivity contribution < 1.29 is 13.6 Å². The Morgan fingerprint density at radius 1 is 1.14 bits per heavy atom. The molecule has 5 nitrogen and oxygen atoms in total. The summed E-state index contributed by atoms with van der Waals surface area (Å²) in [6, 6.07) is 13.7. The Hall–Kier alpha value is -2.86. The van der Waals surface area contributed by atoms with E-state index >= 15 is 0 Å². The van der Waals surface area contributed by atoms with Crippen LogP contribution in [0.2, 0.25) is 0 Å².